The van der Waals surface area contributed by atoms with Crippen molar-refractivity contribution < 1.29 is 9.47 Å². The third-order valence-electron chi connectivity index (χ3n) is 5.97. The van der Waals surface area contributed by atoms with Gasteiger partial charge in [-0.05, 0) is 36.8 Å². The molecule has 2 bridgehead atoms. The maximum atomic E-state index is 10.2. The molecule has 1 N–H and O–H groups in total. The molecule has 28 heavy (non-hydrogen) atoms. The smallest absolute Gasteiger partial charge is 0.217 e. The molecule has 4 atom stereocenters. The molecule has 6 nitrogen and oxygen atoms in total. The third-order valence-corrected chi connectivity index (χ3v) is 6.72. The molecule has 1 aromatic carbocycles. The van der Waals surface area contributed by atoms with Crippen LogP contribution in [0.5, 0.6) is 0 Å². The quantitative estimate of drug-likeness (QED) is 0.733. The maximum Gasteiger partial charge on any atom is 0.217 e. The summed E-state index contributed by atoms with van der Waals surface area (Å²) in [6, 6.07) is 13.8. The fourth-order valence-electron chi connectivity index (χ4n) is 4.75. The average Bonchev–Trinajstić information content (AvgIpc) is 2.91. The van der Waals surface area contributed by atoms with E-state index < -0.39 is 28.6 Å². The Balaban J connectivity index is 2.29. The van der Waals surface area contributed by atoms with Gasteiger partial charge in [-0.3, -0.25) is 5.41 Å². The predicted molar refractivity (Wildman–Crippen MR) is 104 cm³/mol. The number of nitrogens with zero attached hydrogens (tertiary/aromatic N) is 3. The van der Waals surface area contributed by atoms with Crippen LogP contribution in [-0.2, 0) is 9.47 Å². The molecule has 0 aromatic heterocycles. The van der Waals surface area contributed by atoms with Gasteiger partial charge in [-0.25, -0.2) is 0 Å². The van der Waals surface area contributed by atoms with E-state index in [1.165, 1.54) is 0 Å². The molecule has 2 saturated heterocycles. The van der Waals surface area contributed by atoms with E-state index in [0.717, 1.165) is 11.3 Å². The fourth-order valence-corrected chi connectivity index (χ4v) is 5.16. The predicted octanol–water partition coefficient (Wildman–Crippen LogP) is 4.55. The molecule has 0 radical (unpaired) electrons. The summed E-state index contributed by atoms with van der Waals surface area (Å²) in [6.45, 7) is 3.85. The summed E-state index contributed by atoms with van der Waals surface area (Å²) in [6.07, 6.45) is 2.62. The zero-order valence-corrected chi connectivity index (χ0v) is 17.0. The molecule has 2 aliphatic rings. The number of rotatable bonds is 5. The molecule has 4 unspecified atom stereocenters. The van der Waals surface area contributed by atoms with E-state index in [2.05, 4.69) is 18.2 Å². The van der Waals surface area contributed by atoms with Crippen LogP contribution in [0.25, 0.3) is 0 Å². The Morgan fingerprint density at radius 1 is 1.11 bits per heavy atom. The zero-order chi connectivity index (χ0) is 20.6. The summed E-state index contributed by atoms with van der Waals surface area (Å²) in [5, 5.41) is 39.1. The number of thioether (sulfide) groups is 1. The molecule has 1 aromatic rings. The van der Waals surface area contributed by atoms with E-state index >= 15 is 0 Å². The van der Waals surface area contributed by atoms with Crippen LogP contribution in [0.15, 0.2) is 29.2 Å². The van der Waals surface area contributed by atoms with Crippen molar-refractivity contribution in [1.82, 2.24) is 0 Å². The van der Waals surface area contributed by atoms with E-state index in [1.54, 1.807) is 11.8 Å². The lowest BCUT2D eigenvalue weighted by Crippen LogP contribution is -2.59. The Morgan fingerprint density at radius 3 is 2.21 bits per heavy atom. The van der Waals surface area contributed by atoms with Gasteiger partial charge in [0.15, 0.2) is 5.41 Å². The normalized spacial score (nSPS) is 32.6. The third kappa shape index (κ3) is 2.32. The van der Waals surface area contributed by atoms with Crippen molar-refractivity contribution in [2.75, 3.05) is 6.26 Å². The molecule has 144 valence electrons. The Hall–Kier alpha value is -2.53. The lowest BCUT2D eigenvalue weighted by Gasteiger charge is -2.49. The Morgan fingerprint density at radius 2 is 1.75 bits per heavy atom. The second-order valence-electron chi connectivity index (χ2n) is 7.18. The van der Waals surface area contributed by atoms with Crippen molar-refractivity contribution in [2.45, 2.75) is 49.9 Å². The highest BCUT2D eigenvalue weighted by Crippen LogP contribution is 2.68. The Labute approximate surface area is 169 Å². The SMILES string of the molecule is CCCC12OC(=N)C(C#N)(C1CC)C(C#N)(C#N)C(c1ccc(SC)cc1)O2. The Bertz CT molecular complexity index is 896. The van der Waals surface area contributed by atoms with Crippen molar-refractivity contribution in [3.63, 3.8) is 0 Å². The van der Waals surface area contributed by atoms with Gasteiger partial charge >= 0.3 is 0 Å². The fraction of sp³-hybridized carbons (Fsp3) is 0.524. The van der Waals surface area contributed by atoms with Gasteiger partial charge in [0.2, 0.25) is 17.1 Å². The molecule has 0 aliphatic carbocycles. The molecule has 7 heteroatoms. The van der Waals surface area contributed by atoms with Crippen LogP contribution in [-0.4, -0.2) is 17.9 Å². The molecule has 0 saturated carbocycles. The van der Waals surface area contributed by atoms with Gasteiger partial charge in [-0.2, -0.15) is 15.8 Å². The highest BCUT2D eigenvalue weighted by atomic mass is 32.2. The Kier molecular flexibility index (Phi) is 5.15. The van der Waals surface area contributed by atoms with Crippen LogP contribution in [0.2, 0.25) is 0 Å². The number of nitriles is 3. The van der Waals surface area contributed by atoms with E-state index in [1.807, 2.05) is 44.4 Å². The van der Waals surface area contributed by atoms with Crippen molar-refractivity contribution in [3.8, 4) is 18.2 Å². The van der Waals surface area contributed by atoms with E-state index in [4.69, 9.17) is 14.9 Å². The molecule has 3 rings (SSSR count). The minimum Gasteiger partial charge on any atom is -0.447 e. The standard InChI is InChI=1S/C21H22N4O2S/c1-4-10-21-16(5-2)20(13-24,18(25)27-21)19(11-22,12-23)17(26-21)14-6-8-15(28-3)9-7-14/h6-9,16-17,25H,4-5,10H2,1-3H3. The van der Waals surface area contributed by atoms with Gasteiger partial charge in [0, 0.05) is 11.3 Å². The van der Waals surface area contributed by atoms with E-state index in [0.29, 0.717) is 18.4 Å². The first kappa shape index (κ1) is 20.2. The summed E-state index contributed by atoms with van der Waals surface area (Å²) < 4.78 is 12.3. The lowest BCUT2D eigenvalue weighted by atomic mass is 9.52. The second kappa shape index (κ2) is 7.13. The van der Waals surface area contributed by atoms with E-state index in [-0.39, 0.29) is 5.90 Å². The molecular formula is C21H22N4O2S. The first-order valence-electron chi connectivity index (χ1n) is 9.28. The number of nitrogens with one attached hydrogen (secondary N) is 1. The van der Waals surface area contributed by atoms with Gasteiger partial charge in [-0.15, -0.1) is 11.8 Å². The van der Waals surface area contributed by atoms with Crippen molar-refractivity contribution in [2.24, 2.45) is 16.7 Å². The molecule has 2 aliphatic heterocycles. The highest BCUT2D eigenvalue weighted by Gasteiger charge is 2.79. The first-order chi connectivity index (χ1) is 13.4. The van der Waals surface area contributed by atoms with Gasteiger partial charge in [0.1, 0.15) is 6.10 Å². The zero-order valence-electron chi connectivity index (χ0n) is 16.2. The van der Waals surface area contributed by atoms with Crippen molar-refractivity contribution in [3.05, 3.63) is 29.8 Å². The van der Waals surface area contributed by atoms with Crippen LogP contribution in [0.4, 0.5) is 0 Å². The van der Waals surface area contributed by atoms with Crippen LogP contribution >= 0.6 is 11.8 Å². The number of fused-ring (bicyclic) bond motifs is 2. The largest absolute Gasteiger partial charge is 0.447 e. The van der Waals surface area contributed by atoms with Crippen molar-refractivity contribution >= 4 is 17.7 Å². The van der Waals surface area contributed by atoms with Crippen LogP contribution in [0.1, 0.15) is 44.8 Å². The van der Waals surface area contributed by atoms with Crippen LogP contribution < -0.4 is 0 Å². The average molecular weight is 395 g/mol. The minimum atomic E-state index is -1.88. The minimum absolute atomic E-state index is 0.332. The second-order valence-corrected chi connectivity index (χ2v) is 8.06. The maximum absolute atomic E-state index is 10.2. The first-order valence-corrected chi connectivity index (χ1v) is 10.5. The monoisotopic (exact) mass is 394 g/mol. The molecule has 0 amide bonds. The molecule has 2 heterocycles. The van der Waals surface area contributed by atoms with Gasteiger partial charge in [0.25, 0.3) is 0 Å². The van der Waals surface area contributed by atoms with Gasteiger partial charge in [0.05, 0.1) is 24.1 Å². The molecular weight excluding hydrogens is 372 g/mol. The van der Waals surface area contributed by atoms with Gasteiger partial charge < -0.3 is 9.47 Å². The number of hydrogen-bond donors (Lipinski definition) is 1. The summed E-state index contributed by atoms with van der Waals surface area (Å²) in [7, 11) is 0. The summed E-state index contributed by atoms with van der Waals surface area (Å²) in [5.74, 6) is -2.09. The number of hydrogen-bond acceptors (Lipinski definition) is 7. The number of ether oxygens (including phenoxy) is 2. The summed E-state index contributed by atoms with van der Waals surface area (Å²) >= 11 is 1.58. The lowest BCUT2D eigenvalue weighted by molar-refractivity contribution is -0.286. The summed E-state index contributed by atoms with van der Waals surface area (Å²) in [4.78, 5) is 1.04. The molecule has 2 fully saturated rings. The summed E-state index contributed by atoms with van der Waals surface area (Å²) in [5.41, 5.74) is -2.93. The molecule has 0 spiro atoms. The van der Waals surface area contributed by atoms with Crippen LogP contribution in [0.3, 0.4) is 0 Å². The highest BCUT2D eigenvalue weighted by molar-refractivity contribution is 7.98. The van der Waals surface area contributed by atoms with Crippen molar-refractivity contribution in [1.29, 1.82) is 21.2 Å². The van der Waals surface area contributed by atoms with E-state index in [9.17, 15) is 15.8 Å². The topological polar surface area (TPSA) is 114 Å². The van der Waals surface area contributed by atoms with Gasteiger partial charge in [-0.1, -0.05) is 26.0 Å². The number of benzene rings is 1. The van der Waals surface area contributed by atoms with Crippen LogP contribution in [0, 0.1) is 56.2 Å².